The van der Waals surface area contributed by atoms with E-state index in [9.17, 15) is 10.5 Å². The summed E-state index contributed by atoms with van der Waals surface area (Å²) in [6, 6.07) is 63.0. The first kappa shape index (κ1) is 32.4. The van der Waals surface area contributed by atoms with Crippen molar-refractivity contribution in [3.63, 3.8) is 0 Å². The molecule has 1 aliphatic carbocycles. The van der Waals surface area contributed by atoms with Crippen molar-refractivity contribution in [2.24, 2.45) is 0 Å². The minimum atomic E-state index is -0.232. The molecule has 8 aromatic carbocycles. The van der Waals surface area contributed by atoms with Crippen LogP contribution in [0, 0.1) is 22.7 Å². The Kier molecular flexibility index (Phi) is 6.47. The summed E-state index contributed by atoms with van der Waals surface area (Å²) in [7, 11) is 0. The number of para-hydroxylation sites is 4. The zero-order valence-electron chi connectivity index (χ0n) is 31.8. The molecule has 0 saturated carbocycles. The van der Waals surface area contributed by atoms with Gasteiger partial charge in [-0.25, -0.2) is 0 Å². The molecule has 12 rings (SSSR count). The van der Waals surface area contributed by atoms with E-state index in [1.807, 2.05) is 12.1 Å². The number of nitriles is 2. The smallest absolute Gasteiger partial charge is 0.101 e. The molecule has 5 heteroatoms. The third-order valence-corrected chi connectivity index (χ3v) is 12.7. The van der Waals surface area contributed by atoms with Gasteiger partial charge in [0.2, 0.25) is 0 Å². The van der Waals surface area contributed by atoms with Crippen LogP contribution in [0.3, 0.4) is 0 Å². The molecule has 1 aliphatic rings. The van der Waals surface area contributed by atoms with E-state index < -0.39 is 0 Å². The van der Waals surface area contributed by atoms with Crippen LogP contribution in [0.4, 0.5) is 0 Å². The van der Waals surface area contributed by atoms with E-state index in [-0.39, 0.29) is 5.41 Å². The maximum absolute atomic E-state index is 10.6. The Morgan fingerprint density at radius 3 is 1.48 bits per heavy atom. The lowest BCUT2D eigenvalue weighted by Gasteiger charge is -2.22. The number of hydrogen-bond acceptors (Lipinski definition) is 2. The monoisotopic (exact) mass is 739 g/mol. The highest BCUT2D eigenvalue weighted by Crippen LogP contribution is 2.52. The maximum atomic E-state index is 10.6. The summed E-state index contributed by atoms with van der Waals surface area (Å²) in [5, 5.41) is 28.0. The number of hydrogen-bond donors (Lipinski definition) is 0. The molecule has 5 nitrogen and oxygen atoms in total. The quantitative estimate of drug-likeness (QED) is 0.181. The number of fused-ring (bicyclic) bond motifs is 12. The second kappa shape index (κ2) is 11.6. The van der Waals surface area contributed by atoms with Crippen LogP contribution in [-0.4, -0.2) is 13.7 Å². The van der Waals surface area contributed by atoms with Gasteiger partial charge < -0.3 is 13.7 Å². The van der Waals surface area contributed by atoms with Crippen molar-refractivity contribution in [2.75, 3.05) is 0 Å². The molecule has 3 heterocycles. The van der Waals surface area contributed by atoms with E-state index in [0.717, 1.165) is 71.7 Å². The second-order valence-corrected chi connectivity index (χ2v) is 16.0. The zero-order valence-corrected chi connectivity index (χ0v) is 31.8. The summed E-state index contributed by atoms with van der Waals surface area (Å²) in [5.74, 6) is 0. The number of nitrogens with zero attached hydrogens (tertiary/aromatic N) is 5. The van der Waals surface area contributed by atoms with Gasteiger partial charge in [-0.3, -0.25) is 0 Å². The predicted molar refractivity (Wildman–Crippen MR) is 236 cm³/mol. The van der Waals surface area contributed by atoms with Crippen molar-refractivity contribution in [3.8, 4) is 40.3 Å². The molecular formula is C53H33N5. The third kappa shape index (κ3) is 4.17. The molecule has 270 valence electrons. The SMILES string of the molecule is CC1(C)c2ccccc2-c2cc3c4cc5c6ccccc6n(-c6ccccc6)c5cc4n(-c4cc(C#N)c(C#N)cc4-n4c5ccccc5c5ccccc54)c3cc21. The van der Waals surface area contributed by atoms with Crippen LogP contribution in [0.25, 0.3) is 93.6 Å². The minimum Gasteiger partial charge on any atom is -0.309 e. The molecule has 0 atom stereocenters. The largest absolute Gasteiger partial charge is 0.309 e. The van der Waals surface area contributed by atoms with Crippen molar-refractivity contribution >= 4 is 65.4 Å². The highest BCUT2D eigenvalue weighted by Gasteiger charge is 2.36. The van der Waals surface area contributed by atoms with E-state index in [1.54, 1.807) is 0 Å². The van der Waals surface area contributed by atoms with Crippen LogP contribution in [0.1, 0.15) is 36.1 Å². The van der Waals surface area contributed by atoms with Crippen LogP contribution in [0.2, 0.25) is 0 Å². The van der Waals surface area contributed by atoms with Crippen molar-refractivity contribution in [1.29, 1.82) is 10.5 Å². The molecule has 11 aromatic rings. The van der Waals surface area contributed by atoms with Crippen LogP contribution in [0.5, 0.6) is 0 Å². The molecule has 0 saturated heterocycles. The van der Waals surface area contributed by atoms with E-state index in [2.05, 4.69) is 191 Å². The number of benzene rings is 8. The van der Waals surface area contributed by atoms with E-state index in [4.69, 9.17) is 0 Å². The van der Waals surface area contributed by atoms with Crippen molar-refractivity contribution in [2.45, 2.75) is 19.3 Å². The van der Waals surface area contributed by atoms with Crippen LogP contribution < -0.4 is 0 Å². The Morgan fingerprint density at radius 1 is 0.379 bits per heavy atom. The summed E-state index contributed by atoms with van der Waals surface area (Å²) in [6.07, 6.45) is 0. The summed E-state index contributed by atoms with van der Waals surface area (Å²) in [4.78, 5) is 0. The summed E-state index contributed by atoms with van der Waals surface area (Å²) in [5.41, 5.74) is 14.7. The van der Waals surface area contributed by atoms with Gasteiger partial charge in [0.25, 0.3) is 0 Å². The first-order valence-corrected chi connectivity index (χ1v) is 19.6. The molecule has 3 aromatic heterocycles. The van der Waals surface area contributed by atoms with Crippen LogP contribution >= 0.6 is 0 Å². The molecule has 0 bridgehead atoms. The number of aromatic nitrogens is 3. The van der Waals surface area contributed by atoms with Crippen LogP contribution in [-0.2, 0) is 5.41 Å². The average Bonchev–Trinajstić information content (AvgIpc) is 3.95. The summed E-state index contributed by atoms with van der Waals surface area (Å²) < 4.78 is 6.99. The molecule has 0 fully saturated rings. The summed E-state index contributed by atoms with van der Waals surface area (Å²) >= 11 is 0. The normalized spacial score (nSPS) is 13.1. The van der Waals surface area contributed by atoms with E-state index >= 15 is 0 Å². The van der Waals surface area contributed by atoms with Gasteiger partial charge >= 0.3 is 0 Å². The minimum absolute atomic E-state index is 0.232. The Balaban J connectivity index is 1.30. The molecule has 0 N–H and O–H groups in total. The molecular weight excluding hydrogens is 707 g/mol. The lowest BCUT2D eigenvalue weighted by atomic mass is 9.82. The third-order valence-electron chi connectivity index (χ3n) is 12.7. The second-order valence-electron chi connectivity index (χ2n) is 16.0. The Labute approximate surface area is 334 Å². The van der Waals surface area contributed by atoms with E-state index in [0.29, 0.717) is 11.1 Å². The first-order chi connectivity index (χ1) is 28.5. The van der Waals surface area contributed by atoms with Gasteiger partial charge in [-0.15, -0.1) is 0 Å². The molecule has 0 aliphatic heterocycles. The first-order valence-electron chi connectivity index (χ1n) is 19.6. The molecule has 0 unspecified atom stereocenters. The van der Waals surface area contributed by atoms with Crippen molar-refractivity contribution < 1.29 is 0 Å². The van der Waals surface area contributed by atoms with Gasteiger partial charge in [-0.05, 0) is 89.0 Å². The molecule has 0 radical (unpaired) electrons. The highest BCUT2D eigenvalue weighted by molar-refractivity contribution is 6.20. The van der Waals surface area contributed by atoms with Crippen LogP contribution in [0.15, 0.2) is 164 Å². The lowest BCUT2D eigenvalue weighted by molar-refractivity contribution is 0.661. The van der Waals surface area contributed by atoms with Crippen molar-refractivity contribution in [3.05, 3.63) is 186 Å². The van der Waals surface area contributed by atoms with Gasteiger partial charge in [-0.2, -0.15) is 10.5 Å². The topological polar surface area (TPSA) is 62.4 Å². The molecule has 0 amide bonds. The highest BCUT2D eigenvalue weighted by atomic mass is 15.1. The van der Waals surface area contributed by atoms with E-state index in [1.165, 1.54) is 33.0 Å². The van der Waals surface area contributed by atoms with Gasteiger partial charge in [-0.1, -0.05) is 111 Å². The standard InChI is InChI=1S/C53H33N5/c1-53(2)43-20-10-6-16-35(43)39-26-41-42-27-40-38-19-9-11-21-45(38)56(34-14-4-3-5-15-34)49(40)29-50(42)58(48(41)28-44(39)53)52-25-33(31-55)32(30-54)24-51(52)57-46-22-12-7-17-36(46)37-18-8-13-23-47(37)57/h3-29H,1-2H3. The summed E-state index contributed by atoms with van der Waals surface area (Å²) in [6.45, 7) is 4.64. The average molecular weight is 740 g/mol. The Morgan fingerprint density at radius 2 is 0.845 bits per heavy atom. The Bertz CT molecular complexity index is 3620. The zero-order chi connectivity index (χ0) is 38.9. The fourth-order valence-corrected chi connectivity index (χ4v) is 10.1. The van der Waals surface area contributed by atoms with Gasteiger partial charge in [0.1, 0.15) is 12.1 Å². The van der Waals surface area contributed by atoms with Gasteiger partial charge in [0.15, 0.2) is 0 Å². The fraction of sp³-hybridized carbons (Fsp3) is 0.0566. The maximum Gasteiger partial charge on any atom is 0.101 e. The van der Waals surface area contributed by atoms with Gasteiger partial charge in [0, 0.05) is 43.4 Å². The molecule has 0 spiro atoms. The van der Waals surface area contributed by atoms with Crippen molar-refractivity contribution in [1.82, 2.24) is 13.7 Å². The number of rotatable bonds is 3. The predicted octanol–water partition coefficient (Wildman–Crippen LogP) is 13.0. The lowest BCUT2D eigenvalue weighted by Crippen LogP contribution is -2.15. The molecule has 58 heavy (non-hydrogen) atoms. The fourth-order valence-electron chi connectivity index (χ4n) is 10.1. The Hall–Kier alpha value is -7.86. The van der Waals surface area contributed by atoms with Gasteiger partial charge in [0.05, 0.1) is 55.6 Å².